The Kier molecular flexibility index (Phi) is 6.43. The third-order valence-electron chi connectivity index (χ3n) is 5.85. The van der Waals surface area contributed by atoms with Crippen LogP contribution in [0.3, 0.4) is 0 Å². The summed E-state index contributed by atoms with van der Waals surface area (Å²) >= 11 is 0. The molecule has 6 nitrogen and oxygen atoms in total. The van der Waals surface area contributed by atoms with Crippen LogP contribution in [0.15, 0.2) is 64.2 Å². The van der Waals surface area contributed by atoms with Gasteiger partial charge in [0.25, 0.3) is 10.0 Å². The second-order valence-electron chi connectivity index (χ2n) is 8.05. The van der Waals surface area contributed by atoms with Crippen molar-refractivity contribution in [3.63, 3.8) is 0 Å². The van der Waals surface area contributed by atoms with E-state index in [4.69, 9.17) is 4.42 Å². The van der Waals surface area contributed by atoms with Crippen molar-refractivity contribution in [2.24, 2.45) is 0 Å². The maximum atomic E-state index is 13.3. The molecule has 2 aromatic carbocycles. The Bertz CT molecular complexity index is 1130. The van der Waals surface area contributed by atoms with Gasteiger partial charge in [-0.05, 0) is 55.1 Å². The molecule has 164 valence electrons. The fourth-order valence-corrected chi connectivity index (χ4v) is 5.70. The van der Waals surface area contributed by atoms with Gasteiger partial charge in [-0.15, -0.1) is 0 Å². The zero-order valence-electron chi connectivity index (χ0n) is 18.0. The number of sulfonamides is 1. The summed E-state index contributed by atoms with van der Waals surface area (Å²) in [6.45, 7) is 2.74. The van der Waals surface area contributed by atoms with Crippen LogP contribution in [0, 0.1) is 6.92 Å². The molecule has 4 rings (SSSR count). The number of rotatable bonds is 8. The largest absolute Gasteiger partial charge is 0.449 e. The second kappa shape index (κ2) is 9.24. The molecule has 0 fully saturated rings. The quantitative estimate of drug-likeness (QED) is 0.519. The summed E-state index contributed by atoms with van der Waals surface area (Å²) in [5.41, 5.74) is 3.46. The Balaban J connectivity index is 1.48. The SMILES string of the molecule is Cc1ccc2c(c1)S(=O)(=O)N(C)c1ccccc1C2NCCCCCCc1ncco1. The van der Waals surface area contributed by atoms with Crippen molar-refractivity contribution in [1.29, 1.82) is 0 Å². The molecule has 0 bridgehead atoms. The fourth-order valence-electron chi connectivity index (χ4n) is 4.16. The van der Waals surface area contributed by atoms with Crippen LogP contribution in [0.1, 0.15) is 54.3 Å². The highest BCUT2D eigenvalue weighted by atomic mass is 32.2. The molecule has 1 aromatic heterocycles. The van der Waals surface area contributed by atoms with Gasteiger partial charge in [0.15, 0.2) is 5.89 Å². The highest BCUT2D eigenvalue weighted by Crippen LogP contribution is 2.40. The number of aryl methyl sites for hydroxylation is 2. The third kappa shape index (κ3) is 4.52. The van der Waals surface area contributed by atoms with E-state index in [9.17, 15) is 8.42 Å². The smallest absolute Gasteiger partial charge is 0.264 e. The molecule has 2 heterocycles. The lowest BCUT2D eigenvalue weighted by molar-refractivity contribution is 0.476. The lowest BCUT2D eigenvalue weighted by Crippen LogP contribution is -2.26. The predicted octanol–water partition coefficient (Wildman–Crippen LogP) is 4.60. The van der Waals surface area contributed by atoms with E-state index >= 15 is 0 Å². The predicted molar refractivity (Wildman–Crippen MR) is 122 cm³/mol. The van der Waals surface area contributed by atoms with Crippen molar-refractivity contribution in [2.45, 2.75) is 50.0 Å². The van der Waals surface area contributed by atoms with E-state index in [0.717, 1.165) is 66.9 Å². The van der Waals surface area contributed by atoms with Gasteiger partial charge in [-0.1, -0.05) is 43.2 Å². The maximum absolute atomic E-state index is 13.3. The number of anilines is 1. The molecule has 31 heavy (non-hydrogen) atoms. The number of nitrogens with zero attached hydrogens (tertiary/aromatic N) is 2. The average molecular weight is 440 g/mol. The molecular weight excluding hydrogens is 410 g/mol. The third-order valence-corrected chi connectivity index (χ3v) is 7.68. The van der Waals surface area contributed by atoms with Gasteiger partial charge in [0.05, 0.1) is 22.8 Å². The number of unbranched alkanes of at least 4 members (excludes halogenated alkanes) is 3. The number of fused-ring (bicyclic) bond motifs is 2. The first-order chi connectivity index (χ1) is 15.0. The highest BCUT2D eigenvalue weighted by Gasteiger charge is 2.34. The van der Waals surface area contributed by atoms with Crippen molar-refractivity contribution in [2.75, 3.05) is 17.9 Å². The van der Waals surface area contributed by atoms with Gasteiger partial charge in [-0.2, -0.15) is 0 Å². The molecule has 0 aliphatic carbocycles. The number of hydrogen-bond acceptors (Lipinski definition) is 5. The zero-order valence-corrected chi connectivity index (χ0v) is 18.9. The average Bonchev–Trinajstić information content (AvgIpc) is 3.27. The van der Waals surface area contributed by atoms with E-state index in [-0.39, 0.29) is 6.04 Å². The summed E-state index contributed by atoms with van der Waals surface area (Å²) in [4.78, 5) is 4.54. The van der Waals surface area contributed by atoms with E-state index in [1.807, 2.05) is 43.3 Å². The Labute approximate surface area is 184 Å². The van der Waals surface area contributed by atoms with E-state index in [0.29, 0.717) is 4.90 Å². The molecule has 7 heteroatoms. The van der Waals surface area contributed by atoms with Gasteiger partial charge in [-0.25, -0.2) is 13.4 Å². The van der Waals surface area contributed by atoms with E-state index < -0.39 is 10.0 Å². The number of aromatic nitrogens is 1. The van der Waals surface area contributed by atoms with E-state index in [1.54, 1.807) is 25.6 Å². The number of oxazole rings is 1. The first-order valence-electron chi connectivity index (χ1n) is 10.8. The molecule has 0 saturated carbocycles. The van der Waals surface area contributed by atoms with Gasteiger partial charge < -0.3 is 9.73 Å². The molecule has 1 N–H and O–H groups in total. The normalized spacial score (nSPS) is 17.1. The summed E-state index contributed by atoms with van der Waals surface area (Å²) in [6.07, 6.45) is 8.44. The minimum absolute atomic E-state index is 0.168. The molecule has 0 saturated heterocycles. The maximum Gasteiger partial charge on any atom is 0.264 e. The van der Waals surface area contributed by atoms with Crippen molar-refractivity contribution >= 4 is 15.7 Å². The van der Waals surface area contributed by atoms with Gasteiger partial charge in [0, 0.05) is 13.5 Å². The zero-order chi connectivity index (χ0) is 21.8. The van der Waals surface area contributed by atoms with Crippen LogP contribution in [0.2, 0.25) is 0 Å². The summed E-state index contributed by atoms with van der Waals surface area (Å²) in [5, 5.41) is 3.63. The Morgan fingerprint density at radius 3 is 2.68 bits per heavy atom. The monoisotopic (exact) mass is 439 g/mol. The molecule has 1 aliphatic heterocycles. The standard InChI is InChI=1S/C24H29N3O3S/c1-18-12-13-20-22(17-18)31(28,29)27(2)21-10-7-6-9-19(21)24(20)26-14-8-4-3-5-11-23-25-15-16-30-23/h6-7,9-10,12-13,15-17,24,26H,3-5,8,11,14H2,1-2H3. The summed E-state index contributed by atoms with van der Waals surface area (Å²) in [5.74, 6) is 0.797. The van der Waals surface area contributed by atoms with Crippen molar-refractivity contribution in [1.82, 2.24) is 10.3 Å². The van der Waals surface area contributed by atoms with Crippen molar-refractivity contribution in [3.05, 3.63) is 77.5 Å². The van der Waals surface area contributed by atoms with Crippen LogP contribution in [0.4, 0.5) is 5.69 Å². The Hall–Kier alpha value is -2.64. The van der Waals surface area contributed by atoms with Crippen molar-refractivity contribution in [3.8, 4) is 0 Å². The Morgan fingerprint density at radius 1 is 1.06 bits per heavy atom. The number of hydrogen-bond donors (Lipinski definition) is 1. The molecule has 0 spiro atoms. The van der Waals surface area contributed by atoms with Crippen LogP contribution in [-0.2, 0) is 16.4 Å². The van der Waals surface area contributed by atoms with Gasteiger partial charge in [0.1, 0.15) is 6.26 Å². The molecular formula is C24H29N3O3S. The number of benzene rings is 2. The van der Waals surface area contributed by atoms with Crippen LogP contribution < -0.4 is 9.62 Å². The molecule has 1 atom stereocenters. The minimum Gasteiger partial charge on any atom is -0.449 e. The van der Waals surface area contributed by atoms with Crippen molar-refractivity contribution < 1.29 is 12.8 Å². The number of nitrogens with one attached hydrogen (secondary N) is 1. The highest BCUT2D eigenvalue weighted by molar-refractivity contribution is 7.92. The first-order valence-corrected chi connectivity index (χ1v) is 12.2. The summed E-state index contributed by atoms with van der Waals surface area (Å²) < 4.78 is 33.3. The molecule has 1 aliphatic rings. The fraction of sp³-hybridized carbons (Fsp3) is 0.375. The van der Waals surface area contributed by atoms with Gasteiger partial charge in [0.2, 0.25) is 0 Å². The lowest BCUT2D eigenvalue weighted by Gasteiger charge is -2.22. The van der Waals surface area contributed by atoms with Crippen LogP contribution in [0.25, 0.3) is 0 Å². The van der Waals surface area contributed by atoms with Crippen LogP contribution in [0.5, 0.6) is 0 Å². The lowest BCUT2D eigenvalue weighted by atomic mass is 9.96. The summed E-state index contributed by atoms with van der Waals surface area (Å²) in [6, 6.07) is 13.3. The second-order valence-corrected chi connectivity index (χ2v) is 9.99. The first kappa shape index (κ1) is 21.6. The van der Waals surface area contributed by atoms with E-state index in [2.05, 4.69) is 10.3 Å². The van der Waals surface area contributed by atoms with Crippen LogP contribution >= 0.6 is 0 Å². The summed E-state index contributed by atoms with van der Waals surface area (Å²) in [7, 11) is -1.98. The minimum atomic E-state index is -3.61. The molecule has 0 radical (unpaired) electrons. The molecule has 0 amide bonds. The van der Waals surface area contributed by atoms with E-state index in [1.165, 1.54) is 4.31 Å². The molecule has 3 aromatic rings. The van der Waals surface area contributed by atoms with Gasteiger partial charge >= 0.3 is 0 Å². The molecule has 1 unspecified atom stereocenters. The number of para-hydroxylation sites is 1. The topological polar surface area (TPSA) is 75.4 Å². The Morgan fingerprint density at radius 2 is 1.87 bits per heavy atom. The van der Waals surface area contributed by atoms with Crippen LogP contribution in [-0.4, -0.2) is 27.0 Å². The van der Waals surface area contributed by atoms with Gasteiger partial charge in [-0.3, -0.25) is 4.31 Å².